The van der Waals surface area contributed by atoms with E-state index in [4.69, 9.17) is 9.47 Å². The Kier molecular flexibility index (Phi) is 6.46. The average molecular weight is 506 g/mol. The highest BCUT2D eigenvalue weighted by molar-refractivity contribution is 6.07. The van der Waals surface area contributed by atoms with E-state index in [1.165, 1.54) is 19.6 Å². The molecule has 8 nitrogen and oxygen atoms in total. The van der Waals surface area contributed by atoms with Gasteiger partial charge in [0.1, 0.15) is 5.75 Å². The van der Waals surface area contributed by atoms with Crippen LogP contribution in [0.25, 0.3) is 11.3 Å². The number of methoxy groups -OCH3 is 1. The maximum Gasteiger partial charge on any atom is 0.255 e. The van der Waals surface area contributed by atoms with Crippen LogP contribution in [-0.4, -0.2) is 60.7 Å². The van der Waals surface area contributed by atoms with Gasteiger partial charge in [0.15, 0.2) is 11.6 Å². The number of anilines is 2. The molecule has 1 saturated heterocycles. The number of pyridine rings is 1. The summed E-state index contributed by atoms with van der Waals surface area (Å²) in [6.07, 6.45) is 7.84. The summed E-state index contributed by atoms with van der Waals surface area (Å²) in [7, 11) is 1.43. The second-order valence-corrected chi connectivity index (χ2v) is 10.2. The number of carbonyl (C=O) groups excluding carboxylic acids is 1. The molecule has 4 aliphatic heterocycles. The van der Waals surface area contributed by atoms with E-state index in [0.29, 0.717) is 41.8 Å². The first-order chi connectivity index (χ1) is 18.1. The number of H-pyrrole nitrogens is 1. The molecule has 4 aliphatic rings. The highest BCUT2D eigenvalue weighted by Gasteiger charge is 2.34. The van der Waals surface area contributed by atoms with Gasteiger partial charge in [-0.1, -0.05) is 18.9 Å². The fraction of sp³-hybridized carbons (Fsp3) is 0.429. The fourth-order valence-corrected chi connectivity index (χ4v) is 5.77. The monoisotopic (exact) mass is 505 g/mol. The van der Waals surface area contributed by atoms with Gasteiger partial charge in [0.25, 0.3) is 5.91 Å². The van der Waals surface area contributed by atoms with E-state index in [-0.39, 0.29) is 17.6 Å². The third-order valence-corrected chi connectivity index (χ3v) is 7.69. The van der Waals surface area contributed by atoms with Crippen LogP contribution in [0.1, 0.15) is 47.7 Å². The molecule has 0 saturated carbocycles. The maximum atomic E-state index is 14.6. The van der Waals surface area contributed by atoms with Crippen LogP contribution >= 0.6 is 0 Å². The zero-order valence-corrected chi connectivity index (χ0v) is 21.0. The number of hydrogen-bond acceptors (Lipinski definition) is 6. The van der Waals surface area contributed by atoms with Crippen LogP contribution < -0.4 is 20.1 Å². The molecule has 9 heteroatoms. The summed E-state index contributed by atoms with van der Waals surface area (Å²) in [6.45, 7) is 4.43. The number of halogens is 1. The number of amides is 1. The number of fused-ring (bicyclic) bond motifs is 5. The lowest BCUT2D eigenvalue weighted by Gasteiger charge is -2.39. The van der Waals surface area contributed by atoms with Gasteiger partial charge in [-0.05, 0) is 37.6 Å². The Labute approximate surface area is 215 Å². The van der Waals surface area contributed by atoms with Crippen LogP contribution in [0.15, 0.2) is 36.7 Å². The van der Waals surface area contributed by atoms with Crippen LogP contribution in [0.5, 0.6) is 11.5 Å². The summed E-state index contributed by atoms with van der Waals surface area (Å²) in [5.41, 5.74) is 4.00. The van der Waals surface area contributed by atoms with Gasteiger partial charge in [-0.15, -0.1) is 0 Å². The molecule has 1 fully saturated rings. The van der Waals surface area contributed by atoms with Crippen molar-refractivity contribution in [3.63, 3.8) is 0 Å². The Balaban J connectivity index is 1.48. The van der Waals surface area contributed by atoms with E-state index in [1.54, 1.807) is 24.5 Å². The molecule has 1 amide bonds. The minimum absolute atomic E-state index is 0.0929. The molecule has 3 N–H and O–H groups in total. The zero-order valence-electron chi connectivity index (χ0n) is 21.0. The Morgan fingerprint density at radius 2 is 2.11 bits per heavy atom. The molecule has 0 radical (unpaired) electrons. The Bertz CT molecular complexity index is 1300. The number of nitrogens with one attached hydrogen (secondary N) is 3. The molecular formula is C28H32FN5O3. The van der Waals surface area contributed by atoms with Crippen LogP contribution in [0.4, 0.5) is 15.8 Å². The number of aromatic nitrogens is 2. The number of carbonyl (C=O) groups is 1. The third kappa shape index (κ3) is 4.52. The van der Waals surface area contributed by atoms with Crippen molar-refractivity contribution in [3.05, 3.63) is 53.7 Å². The maximum absolute atomic E-state index is 14.6. The standard InChI is InChI=1S/C28H32FN5O3/c1-36-27-20(29)7-5-8-21(27)32-26-23-24-18(12-31-28(23)35)6-3-2-4-11-34-14-17(15-34)16-37-22-13-30-10-9-19(22)25(26)33-24/h5,7-10,13,17-18,32-33H,2-4,6,11-12,14-16H2,1H3,(H,31,35). The summed E-state index contributed by atoms with van der Waals surface area (Å²) in [5, 5.41) is 6.42. The minimum Gasteiger partial charge on any atom is -0.492 e. The van der Waals surface area contributed by atoms with Crippen LogP contribution in [0, 0.1) is 11.7 Å². The van der Waals surface area contributed by atoms with Crippen molar-refractivity contribution in [2.24, 2.45) is 5.92 Å². The molecule has 2 aromatic heterocycles. The SMILES string of the molecule is COc1c(F)cccc1Nc1c2[nH]c3c1C(=O)NCC3CCCCCN1CC(COc3cnccc3-2)C1. The zero-order chi connectivity index (χ0) is 25.4. The number of rotatable bonds is 3. The first-order valence-electron chi connectivity index (χ1n) is 13.1. The highest BCUT2D eigenvalue weighted by Crippen LogP contribution is 2.44. The van der Waals surface area contributed by atoms with Gasteiger partial charge in [0, 0.05) is 48.9 Å². The summed E-state index contributed by atoms with van der Waals surface area (Å²) in [4.78, 5) is 23.7. The Morgan fingerprint density at radius 1 is 1.22 bits per heavy atom. The van der Waals surface area contributed by atoms with Gasteiger partial charge in [0.2, 0.25) is 0 Å². The lowest BCUT2D eigenvalue weighted by molar-refractivity contribution is 0.0607. The van der Waals surface area contributed by atoms with E-state index in [2.05, 4.69) is 25.5 Å². The van der Waals surface area contributed by atoms with Gasteiger partial charge in [-0.2, -0.15) is 0 Å². The predicted molar refractivity (Wildman–Crippen MR) is 139 cm³/mol. The Hall–Kier alpha value is -3.59. The molecule has 1 unspecified atom stereocenters. The van der Waals surface area contributed by atoms with Crippen LogP contribution in [-0.2, 0) is 0 Å². The first kappa shape index (κ1) is 23.8. The summed E-state index contributed by atoms with van der Waals surface area (Å²) < 4.78 is 26.2. The molecule has 7 rings (SSSR count). The van der Waals surface area contributed by atoms with E-state index in [9.17, 15) is 9.18 Å². The summed E-state index contributed by atoms with van der Waals surface area (Å²) in [5.74, 6) is 0.752. The molecular weight excluding hydrogens is 473 g/mol. The van der Waals surface area contributed by atoms with Crippen molar-refractivity contribution < 1.29 is 18.7 Å². The highest BCUT2D eigenvalue weighted by atomic mass is 19.1. The van der Waals surface area contributed by atoms with Crippen LogP contribution in [0.2, 0.25) is 0 Å². The molecule has 1 aromatic carbocycles. The third-order valence-electron chi connectivity index (χ3n) is 7.69. The van der Waals surface area contributed by atoms with E-state index in [1.807, 2.05) is 6.07 Å². The lowest BCUT2D eigenvalue weighted by atomic mass is 9.91. The molecule has 3 aromatic rings. The smallest absolute Gasteiger partial charge is 0.255 e. The quantitative estimate of drug-likeness (QED) is 0.479. The van der Waals surface area contributed by atoms with Gasteiger partial charge in [-0.25, -0.2) is 4.39 Å². The van der Waals surface area contributed by atoms with Gasteiger partial charge in [0.05, 0.1) is 42.5 Å². The van der Waals surface area contributed by atoms with E-state index < -0.39 is 5.82 Å². The van der Waals surface area contributed by atoms with Crippen molar-refractivity contribution >= 4 is 17.3 Å². The van der Waals surface area contributed by atoms with Crippen molar-refractivity contribution in [3.8, 4) is 22.8 Å². The summed E-state index contributed by atoms with van der Waals surface area (Å²) >= 11 is 0. The first-order valence-corrected chi connectivity index (χ1v) is 13.1. The Morgan fingerprint density at radius 3 is 2.97 bits per heavy atom. The van der Waals surface area contributed by atoms with Crippen molar-refractivity contribution in [2.45, 2.75) is 31.6 Å². The van der Waals surface area contributed by atoms with Gasteiger partial charge < -0.3 is 30.0 Å². The number of hydrogen-bond donors (Lipinski definition) is 3. The van der Waals surface area contributed by atoms with E-state index in [0.717, 1.165) is 55.8 Å². The molecule has 1 atom stereocenters. The second kappa shape index (κ2) is 10.0. The average Bonchev–Trinajstić information content (AvgIpc) is 3.25. The normalized spacial score (nSPS) is 23.2. The number of aromatic amines is 1. The molecule has 4 bridgehead atoms. The van der Waals surface area contributed by atoms with Crippen molar-refractivity contribution in [2.75, 3.05) is 45.2 Å². The van der Waals surface area contributed by atoms with Crippen molar-refractivity contribution in [1.82, 2.24) is 20.2 Å². The van der Waals surface area contributed by atoms with Crippen LogP contribution in [0.3, 0.4) is 0 Å². The van der Waals surface area contributed by atoms with Gasteiger partial charge in [-0.3, -0.25) is 9.78 Å². The molecule has 0 aliphatic carbocycles. The number of ether oxygens (including phenoxy) is 2. The molecule has 6 heterocycles. The predicted octanol–water partition coefficient (Wildman–Crippen LogP) is 4.68. The largest absolute Gasteiger partial charge is 0.492 e. The topological polar surface area (TPSA) is 91.5 Å². The number of para-hydroxylation sites is 1. The molecule has 37 heavy (non-hydrogen) atoms. The van der Waals surface area contributed by atoms with E-state index >= 15 is 0 Å². The van der Waals surface area contributed by atoms with Crippen molar-refractivity contribution in [1.29, 1.82) is 0 Å². The minimum atomic E-state index is -0.478. The summed E-state index contributed by atoms with van der Waals surface area (Å²) in [6, 6.07) is 6.60. The second-order valence-electron chi connectivity index (χ2n) is 10.2. The van der Waals surface area contributed by atoms with Gasteiger partial charge >= 0.3 is 0 Å². The molecule has 194 valence electrons. The lowest BCUT2D eigenvalue weighted by Crippen LogP contribution is -2.49. The fourth-order valence-electron chi connectivity index (χ4n) is 5.77. The molecule has 0 spiro atoms. The number of nitrogens with zero attached hydrogens (tertiary/aromatic N) is 2. The number of benzene rings is 1.